The maximum atomic E-state index is 12.3. The Bertz CT molecular complexity index is 790. The number of hydrogen-bond acceptors (Lipinski definition) is 5. The minimum Gasteiger partial charge on any atom is -0.496 e. The van der Waals surface area contributed by atoms with Gasteiger partial charge in [-0.05, 0) is 31.2 Å². The number of nitriles is 1. The Balaban J connectivity index is 2.27. The van der Waals surface area contributed by atoms with Crippen LogP contribution in [-0.4, -0.2) is 19.7 Å². The second-order valence-corrected chi connectivity index (χ2v) is 4.68. The Hall–Kier alpha value is -3.26. The molecule has 0 aliphatic rings. The minimum atomic E-state index is -0.754. The quantitative estimate of drug-likeness (QED) is 0.351. The van der Waals surface area contributed by atoms with Crippen molar-refractivity contribution in [2.24, 2.45) is 0 Å². The topological polar surface area (TPSA) is 68.5 Å². The summed E-state index contributed by atoms with van der Waals surface area (Å²) in [5, 5.41) is 9.28. The molecule has 0 heterocycles. The number of benzene rings is 2. The summed E-state index contributed by atoms with van der Waals surface area (Å²) in [5.74, 6) is 0.525. The first-order valence-electron chi connectivity index (χ1n) is 7.38. The molecule has 0 N–H and O–H groups in total. The van der Waals surface area contributed by atoms with Crippen LogP contribution in [0.2, 0.25) is 0 Å². The van der Waals surface area contributed by atoms with Crippen molar-refractivity contribution >= 4 is 12.0 Å². The summed E-state index contributed by atoms with van der Waals surface area (Å²) in [6.45, 7) is 2.28. The number of carbonyl (C=O) groups excluding carboxylic acids is 1. The van der Waals surface area contributed by atoms with Crippen molar-refractivity contribution in [1.82, 2.24) is 0 Å². The second-order valence-electron chi connectivity index (χ2n) is 4.68. The molecule has 2 aromatic rings. The highest BCUT2D eigenvalue weighted by molar-refractivity contribution is 5.99. The molecule has 0 radical (unpaired) electrons. The van der Waals surface area contributed by atoms with Crippen LogP contribution in [0.15, 0.2) is 54.1 Å². The van der Waals surface area contributed by atoms with Crippen molar-refractivity contribution in [2.45, 2.75) is 6.92 Å². The monoisotopic (exact) mass is 323 g/mol. The largest absolute Gasteiger partial charge is 0.496 e. The Morgan fingerprint density at radius 1 is 1.08 bits per heavy atom. The lowest BCUT2D eigenvalue weighted by Gasteiger charge is -2.10. The first-order valence-corrected chi connectivity index (χ1v) is 7.38. The summed E-state index contributed by atoms with van der Waals surface area (Å²) in [6, 6.07) is 15.8. The van der Waals surface area contributed by atoms with Gasteiger partial charge < -0.3 is 14.2 Å². The van der Waals surface area contributed by atoms with Crippen LogP contribution in [-0.2, 0) is 4.79 Å². The van der Waals surface area contributed by atoms with E-state index in [1.807, 2.05) is 13.0 Å². The van der Waals surface area contributed by atoms with Crippen LogP contribution in [0.1, 0.15) is 12.5 Å². The Morgan fingerprint density at radius 3 is 2.33 bits per heavy atom. The predicted molar refractivity (Wildman–Crippen MR) is 89.8 cm³/mol. The van der Waals surface area contributed by atoms with E-state index in [0.29, 0.717) is 23.7 Å². The van der Waals surface area contributed by atoms with Crippen LogP contribution in [0.3, 0.4) is 0 Å². The Kier molecular flexibility index (Phi) is 5.98. The fourth-order valence-electron chi connectivity index (χ4n) is 2.04. The summed E-state index contributed by atoms with van der Waals surface area (Å²) in [7, 11) is 1.52. The molecule has 5 heteroatoms. The average Bonchev–Trinajstić information content (AvgIpc) is 2.61. The molecule has 0 amide bonds. The maximum Gasteiger partial charge on any atom is 0.354 e. The smallest absolute Gasteiger partial charge is 0.354 e. The van der Waals surface area contributed by atoms with E-state index < -0.39 is 5.97 Å². The highest BCUT2D eigenvalue weighted by atomic mass is 16.6. The summed E-state index contributed by atoms with van der Waals surface area (Å²) in [4.78, 5) is 12.3. The SMILES string of the molecule is CCOc1ccccc1OC(=O)/C(C#N)=C/c1ccccc1OC. The molecule has 0 aliphatic carbocycles. The number of rotatable bonds is 6. The van der Waals surface area contributed by atoms with E-state index in [1.54, 1.807) is 48.5 Å². The number of carbonyl (C=O) groups is 1. The van der Waals surface area contributed by atoms with Crippen molar-refractivity contribution in [3.63, 3.8) is 0 Å². The lowest BCUT2D eigenvalue weighted by Crippen LogP contribution is -2.11. The molecule has 0 aliphatic heterocycles. The van der Waals surface area contributed by atoms with E-state index in [-0.39, 0.29) is 11.3 Å². The maximum absolute atomic E-state index is 12.3. The van der Waals surface area contributed by atoms with Crippen molar-refractivity contribution in [1.29, 1.82) is 5.26 Å². The van der Waals surface area contributed by atoms with Crippen LogP contribution in [0.5, 0.6) is 17.2 Å². The summed E-state index contributed by atoms with van der Waals surface area (Å²) in [5.41, 5.74) is 0.484. The van der Waals surface area contributed by atoms with Crippen LogP contribution in [0.4, 0.5) is 0 Å². The molecule has 2 rings (SSSR count). The van der Waals surface area contributed by atoms with E-state index in [1.165, 1.54) is 13.2 Å². The van der Waals surface area contributed by atoms with Gasteiger partial charge in [0.05, 0.1) is 13.7 Å². The molecule has 0 saturated heterocycles. The fourth-order valence-corrected chi connectivity index (χ4v) is 2.04. The molecule has 0 spiro atoms. The van der Waals surface area contributed by atoms with E-state index in [9.17, 15) is 10.1 Å². The van der Waals surface area contributed by atoms with Gasteiger partial charge in [-0.25, -0.2) is 4.79 Å². The molecular formula is C19H17NO4. The number of esters is 1. The van der Waals surface area contributed by atoms with Gasteiger partial charge in [0.1, 0.15) is 17.4 Å². The molecule has 0 bridgehead atoms. The van der Waals surface area contributed by atoms with E-state index in [0.717, 1.165) is 0 Å². The number of para-hydroxylation sites is 3. The van der Waals surface area contributed by atoms with Gasteiger partial charge in [0.2, 0.25) is 0 Å². The standard InChI is InChI=1S/C19H17NO4/c1-3-23-17-10-6-7-11-18(17)24-19(21)15(13-20)12-14-8-4-5-9-16(14)22-2/h4-12H,3H2,1-2H3/b15-12+. The van der Waals surface area contributed by atoms with Crippen molar-refractivity contribution in [2.75, 3.05) is 13.7 Å². The second kappa shape index (κ2) is 8.39. The highest BCUT2D eigenvalue weighted by Gasteiger charge is 2.15. The molecular weight excluding hydrogens is 306 g/mol. The Morgan fingerprint density at radius 2 is 1.71 bits per heavy atom. The summed E-state index contributed by atoms with van der Waals surface area (Å²) in [6.07, 6.45) is 1.43. The van der Waals surface area contributed by atoms with Crippen LogP contribution in [0.25, 0.3) is 6.08 Å². The third-order valence-electron chi connectivity index (χ3n) is 3.13. The predicted octanol–water partition coefficient (Wildman–Crippen LogP) is 3.61. The molecule has 0 atom stereocenters. The molecule has 0 saturated carbocycles. The van der Waals surface area contributed by atoms with Gasteiger partial charge in [-0.2, -0.15) is 5.26 Å². The molecule has 24 heavy (non-hydrogen) atoms. The highest BCUT2D eigenvalue weighted by Crippen LogP contribution is 2.27. The lowest BCUT2D eigenvalue weighted by atomic mass is 10.1. The first kappa shape index (κ1) is 17.1. The van der Waals surface area contributed by atoms with Gasteiger partial charge in [0.15, 0.2) is 11.5 Å². The molecule has 0 unspecified atom stereocenters. The zero-order chi connectivity index (χ0) is 17.4. The van der Waals surface area contributed by atoms with Crippen LogP contribution >= 0.6 is 0 Å². The Labute approximate surface area is 140 Å². The zero-order valence-corrected chi connectivity index (χ0v) is 13.5. The number of ether oxygens (including phenoxy) is 3. The van der Waals surface area contributed by atoms with Crippen molar-refractivity contribution < 1.29 is 19.0 Å². The lowest BCUT2D eigenvalue weighted by molar-refractivity contribution is -0.129. The fraction of sp³-hybridized carbons (Fsp3) is 0.158. The minimum absolute atomic E-state index is 0.134. The molecule has 5 nitrogen and oxygen atoms in total. The molecule has 2 aromatic carbocycles. The molecule has 0 fully saturated rings. The number of hydrogen-bond donors (Lipinski definition) is 0. The zero-order valence-electron chi connectivity index (χ0n) is 13.5. The van der Waals surface area contributed by atoms with Gasteiger partial charge >= 0.3 is 5.97 Å². The summed E-state index contributed by atoms with van der Waals surface area (Å²) >= 11 is 0. The normalized spacial score (nSPS) is 10.6. The van der Waals surface area contributed by atoms with Gasteiger partial charge in [-0.1, -0.05) is 30.3 Å². The van der Waals surface area contributed by atoms with Gasteiger partial charge in [-0.3, -0.25) is 0 Å². The number of methoxy groups -OCH3 is 1. The van der Waals surface area contributed by atoms with E-state index >= 15 is 0 Å². The third-order valence-corrected chi connectivity index (χ3v) is 3.13. The van der Waals surface area contributed by atoms with Crippen molar-refractivity contribution in [3.05, 3.63) is 59.7 Å². The van der Waals surface area contributed by atoms with E-state index in [2.05, 4.69) is 0 Å². The van der Waals surface area contributed by atoms with Gasteiger partial charge in [0.25, 0.3) is 0 Å². The third kappa shape index (κ3) is 4.14. The van der Waals surface area contributed by atoms with E-state index in [4.69, 9.17) is 14.2 Å². The van der Waals surface area contributed by atoms with Crippen molar-refractivity contribution in [3.8, 4) is 23.3 Å². The number of nitrogens with zero attached hydrogens (tertiary/aromatic N) is 1. The molecule has 122 valence electrons. The van der Waals surface area contributed by atoms with Gasteiger partial charge in [-0.15, -0.1) is 0 Å². The first-order chi connectivity index (χ1) is 11.7. The summed E-state index contributed by atoms with van der Waals surface area (Å²) < 4.78 is 15.9. The van der Waals surface area contributed by atoms with Crippen LogP contribution < -0.4 is 14.2 Å². The van der Waals surface area contributed by atoms with Gasteiger partial charge in [0, 0.05) is 5.56 Å². The average molecular weight is 323 g/mol. The molecule has 0 aromatic heterocycles. The van der Waals surface area contributed by atoms with Crippen LogP contribution in [0, 0.1) is 11.3 Å².